The summed E-state index contributed by atoms with van der Waals surface area (Å²) in [5.74, 6) is 0. The number of nitrogens with zero attached hydrogens (tertiary/aromatic N) is 5. The average molecular weight is 289 g/mol. The van der Waals surface area contributed by atoms with Crippen LogP contribution in [0, 0.1) is 6.92 Å². The van der Waals surface area contributed by atoms with Crippen LogP contribution in [0.2, 0.25) is 0 Å². The van der Waals surface area contributed by atoms with Crippen LogP contribution in [-0.4, -0.2) is 70.0 Å². The number of urea groups is 1. The predicted molar refractivity (Wildman–Crippen MR) is 79.8 cm³/mol. The molecule has 0 spiro atoms. The molecule has 3 heterocycles. The number of aryl methyl sites for hydroxylation is 1. The van der Waals surface area contributed by atoms with Crippen LogP contribution in [0.4, 0.5) is 4.79 Å². The highest BCUT2D eigenvalue weighted by Crippen LogP contribution is 2.21. The van der Waals surface area contributed by atoms with E-state index in [-0.39, 0.29) is 6.03 Å². The Bertz CT molecular complexity index is 495. The largest absolute Gasteiger partial charge is 0.326 e. The van der Waals surface area contributed by atoms with E-state index < -0.39 is 0 Å². The van der Waals surface area contributed by atoms with E-state index in [1.807, 2.05) is 36.2 Å². The van der Waals surface area contributed by atoms with Gasteiger partial charge in [0.1, 0.15) is 0 Å². The first-order valence-electron chi connectivity index (χ1n) is 7.65. The predicted octanol–water partition coefficient (Wildman–Crippen LogP) is 1.12. The molecule has 0 N–H and O–H groups in total. The van der Waals surface area contributed by atoms with Crippen LogP contribution < -0.4 is 0 Å². The lowest BCUT2D eigenvalue weighted by molar-refractivity contribution is 0.127. The summed E-state index contributed by atoms with van der Waals surface area (Å²) in [4.78, 5) is 27.0. The minimum Gasteiger partial charge on any atom is -0.326 e. The van der Waals surface area contributed by atoms with E-state index in [4.69, 9.17) is 0 Å². The van der Waals surface area contributed by atoms with Crippen LogP contribution in [0.15, 0.2) is 12.4 Å². The zero-order valence-corrected chi connectivity index (χ0v) is 12.8. The fraction of sp³-hybridized carbons (Fsp3) is 0.667. The fourth-order valence-corrected chi connectivity index (χ4v) is 3.13. The van der Waals surface area contributed by atoms with Gasteiger partial charge in [-0.2, -0.15) is 0 Å². The third-order valence-electron chi connectivity index (χ3n) is 4.47. The third kappa shape index (κ3) is 3.15. The quantitative estimate of drug-likeness (QED) is 0.836. The van der Waals surface area contributed by atoms with Gasteiger partial charge >= 0.3 is 6.03 Å². The van der Waals surface area contributed by atoms with Gasteiger partial charge < -0.3 is 9.80 Å². The number of amides is 2. The Morgan fingerprint density at radius 3 is 2.48 bits per heavy atom. The average Bonchev–Trinajstić information content (AvgIpc) is 2.83. The summed E-state index contributed by atoms with van der Waals surface area (Å²) in [6, 6.07) is 0.598. The minimum atomic E-state index is 0.192. The maximum absolute atomic E-state index is 12.0. The molecule has 6 nitrogen and oxygen atoms in total. The molecule has 2 aliphatic rings. The molecule has 2 fully saturated rings. The summed E-state index contributed by atoms with van der Waals surface area (Å²) in [6.07, 6.45) is 5.79. The number of hydrogen-bond acceptors (Lipinski definition) is 4. The molecule has 0 aliphatic carbocycles. The molecule has 0 radical (unpaired) electrons. The molecule has 1 aromatic heterocycles. The van der Waals surface area contributed by atoms with Crippen molar-refractivity contribution in [1.82, 2.24) is 24.7 Å². The second kappa shape index (κ2) is 5.97. The molecule has 2 saturated heterocycles. The van der Waals surface area contributed by atoms with Crippen molar-refractivity contribution in [1.29, 1.82) is 0 Å². The highest BCUT2D eigenvalue weighted by atomic mass is 16.2. The Kier molecular flexibility index (Phi) is 4.05. The second-order valence-corrected chi connectivity index (χ2v) is 6.05. The van der Waals surface area contributed by atoms with Gasteiger partial charge in [0.2, 0.25) is 0 Å². The zero-order valence-electron chi connectivity index (χ0n) is 12.8. The molecule has 2 aliphatic heterocycles. The number of carbonyl (C=O) groups is 1. The highest BCUT2D eigenvalue weighted by Gasteiger charge is 2.33. The highest BCUT2D eigenvalue weighted by molar-refractivity contribution is 5.76. The Morgan fingerprint density at radius 2 is 1.90 bits per heavy atom. The van der Waals surface area contributed by atoms with Gasteiger partial charge in [-0.25, -0.2) is 4.79 Å². The van der Waals surface area contributed by atoms with Crippen molar-refractivity contribution in [3.63, 3.8) is 0 Å². The number of piperidine rings is 1. The normalized spacial score (nSPS) is 21.3. The summed E-state index contributed by atoms with van der Waals surface area (Å²) in [5, 5.41) is 0. The summed E-state index contributed by atoms with van der Waals surface area (Å²) in [6.45, 7) is 6.59. The topological polar surface area (TPSA) is 52.6 Å². The number of likely N-dealkylation sites (tertiary alicyclic amines) is 1. The molecular weight excluding hydrogens is 266 g/mol. The molecule has 0 bridgehead atoms. The van der Waals surface area contributed by atoms with E-state index in [1.54, 1.807) is 0 Å². The van der Waals surface area contributed by atoms with Gasteiger partial charge in [0.15, 0.2) is 0 Å². The lowest BCUT2D eigenvalue weighted by Gasteiger charge is -2.36. The van der Waals surface area contributed by atoms with Crippen molar-refractivity contribution < 1.29 is 4.79 Å². The molecule has 2 amide bonds. The van der Waals surface area contributed by atoms with Crippen molar-refractivity contribution in [2.24, 2.45) is 0 Å². The first-order chi connectivity index (χ1) is 10.1. The molecule has 3 rings (SSSR count). The molecule has 0 saturated carbocycles. The van der Waals surface area contributed by atoms with Gasteiger partial charge in [0.25, 0.3) is 0 Å². The van der Waals surface area contributed by atoms with Crippen LogP contribution in [0.25, 0.3) is 0 Å². The van der Waals surface area contributed by atoms with E-state index >= 15 is 0 Å². The zero-order chi connectivity index (χ0) is 14.8. The smallest absolute Gasteiger partial charge is 0.320 e. The number of aromatic nitrogens is 2. The van der Waals surface area contributed by atoms with Crippen molar-refractivity contribution in [2.75, 3.05) is 33.2 Å². The fourth-order valence-electron chi connectivity index (χ4n) is 3.13. The number of hydrogen-bond donors (Lipinski definition) is 0. The van der Waals surface area contributed by atoms with E-state index in [0.717, 1.165) is 57.0 Å². The van der Waals surface area contributed by atoms with Gasteiger partial charge in [-0.1, -0.05) is 0 Å². The molecule has 6 heteroatoms. The standard InChI is InChI=1S/C15H23N5O/c1-12-9-17-13(10-16-12)11-19-5-3-14(4-6-19)20-8-7-18(2)15(20)21/h9-10,14H,3-8,11H2,1-2H3. The molecule has 0 unspecified atom stereocenters. The summed E-state index contributed by atoms with van der Waals surface area (Å²) < 4.78 is 0. The number of likely N-dealkylation sites (N-methyl/N-ethyl adjacent to an activating group) is 1. The first-order valence-corrected chi connectivity index (χ1v) is 7.65. The van der Waals surface area contributed by atoms with E-state index in [0.29, 0.717) is 6.04 Å². The van der Waals surface area contributed by atoms with Crippen LogP contribution >= 0.6 is 0 Å². The lowest BCUT2D eigenvalue weighted by Crippen LogP contribution is -2.46. The summed E-state index contributed by atoms with van der Waals surface area (Å²) >= 11 is 0. The SMILES string of the molecule is Cc1cnc(CN2CCC(N3CCN(C)C3=O)CC2)cn1. The maximum Gasteiger partial charge on any atom is 0.320 e. The van der Waals surface area contributed by atoms with Gasteiger partial charge in [0.05, 0.1) is 11.4 Å². The van der Waals surface area contributed by atoms with Crippen molar-refractivity contribution in [3.05, 3.63) is 23.8 Å². The van der Waals surface area contributed by atoms with Gasteiger partial charge in [-0.3, -0.25) is 14.9 Å². The Morgan fingerprint density at radius 1 is 1.14 bits per heavy atom. The molecule has 1 aromatic rings. The van der Waals surface area contributed by atoms with Gasteiger partial charge in [-0.05, 0) is 19.8 Å². The van der Waals surface area contributed by atoms with E-state index in [9.17, 15) is 4.79 Å². The summed E-state index contributed by atoms with van der Waals surface area (Å²) in [7, 11) is 1.88. The second-order valence-electron chi connectivity index (χ2n) is 6.05. The number of carbonyl (C=O) groups excluding carboxylic acids is 1. The minimum absolute atomic E-state index is 0.192. The third-order valence-corrected chi connectivity index (χ3v) is 4.47. The van der Waals surface area contributed by atoms with Crippen molar-refractivity contribution in [3.8, 4) is 0 Å². The lowest BCUT2D eigenvalue weighted by atomic mass is 10.0. The Hall–Kier alpha value is -1.69. The molecular formula is C15H23N5O. The van der Waals surface area contributed by atoms with E-state index in [2.05, 4.69) is 14.9 Å². The van der Waals surface area contributed by atoms with Crippen molar-refractivity contribution in [2.45, 2.75) is 32.4 Å². The van der Waals surface area contributed by atoms with Crippen LogP contribution in [0.1, 0.15) is 24.2 Å². The van der Waals surface area contributed by atoms with Gasteiger partial charge in [-0.15, -0.1) is 0 Å². The maximum atomic E-state index is 12.0. The summed E-state index contributed by atoms with van der Waals surface area (Å²) in [5.41, 5.74) is 1.98. The van der Waals surface area contributed by atoms with Crippen molar-refractivity contribution >= 4 is 6.03 Å². The molecule has 0 atom stereocenters. The van der Waals surface area contributed by atoms with Crippen LogP contribution in [-0.2, 0) is 6.54 Å². The molecule has 114 valence electrons. The Balaban J connectivity index is 1.51. The van der Waals surface area contributed by atoms with E-state index in [1.165, 1.54) is 0 Å². The Labute approximate surface area is 125 Å². The molecule has 0 aromatic carbocycles. The van der Waals surface area contributed by atoms with Gasteiger partial charge in [0, 0.05) is 58.2 Å². The number of rotatable bonds is 3. The van der Waals surface area contributed by atoms with Crippen LogP contribution in [0.5, 0.6) is 0 Å². The monoisotopic (exact) mass is 289 g/mol. The van der Waals surface area contributed by atoms with Crippen LogP contribution in [0.3, 0.4) is 0 Å². The first kappa shape index (κ1) is 14.3. The molecule has 21 heavy (non-hydrogen) atoms.